The van der Waals surface area contributed by atoms with Gasteiger partial charge in [-0.3, -0.25) is 9.48 Å². The second-order valence-corrected chi connectivity index (χ2v) is 7.21. The summed E-state index contributed by atoms with van der Waals surface area (Å²) in [5, 5.41) is 7.87. The molecular weight excluding hydrogens is 385 g/mol. The summed E-state index contributed by atoms with van der Waals surface area (Å²) >= 11 is 0. The lowest BCUT2D eigenvalue weighted by Crippen LogP contribution is -2.26. The Bertz CT molecular complexity index is 1060. The molecule has 0 unspecified atom stereocenters. The van der Waals surface area contributed by atoms with E-state index in [-0.39, 0.29) is 17.9 Å². The maximum atomic E-state index is 12.8. The number of fused-ring (bicyclic) bond motifs is 1. The highest BCUT2D eigenvalue weighted by Crippen LogP contribution is 2.33. The van der Waals surface area contributed by atoms with Gasteiger partial charge in [0.2, 0.25) is 11.8 Å². The molecule has 0 bridgehead atoms. The number of hydrogen-bond acceptors (Lipinski definition) is 4. The molecule has 29 heavy (non-hydrogen) atoms. The number of benzene rings is 1. The molecule has 0 saturated carbocycles. The van der Waals surface area contributed by atoms with Gasteiger partial charge in [-0.15, -0.1) is 0 Å². The second-order valence-electron chi connectivity index (χ2n) is 7.21. The van der Waals surface area contributed by atoms with E-state index in [1.165, 1.54) is 12.1 Å². The maximum Gasteiger partial charge on any atom is 0.416 e. The van der Waals surface area contributed by atoms with Crippen molar-refractivity contribution in [2.75, 3.05) is 6.54 Å². The molecule has 152 valence electrons. The quantitative estimate of drug-likeness (QED) is 0.722. The number of halogens is 3. The van der Waals surface area contributed by atoms with Crippen LogP contribution in [0.15, 0.2) is 36.5 Å². The Hall–Kier alpha value is -3.10. The van der Waals surface area contributed by atoms with Crippen molar-refractivity contribution in [2.45, 2.75) is 25.6 Å². The van der Waals surface area contributed by atoms with Gasteiger partial charge >= 0.3 is 6.18 Å². The third-order valence-corrected chi connectivity index (χ3v) is 5.06. The number of carbonyl (C=O) groups is 1. The minimum Gasteiger partial charge on any atom is -0.474 e. The third-order valence-electron chi connectivity index (χ3n) is 5.06. The van der Waals surface area contributed by atoms with E-state index in [4.69, 9.17) is 4.74 Å². The highest BCUT2D eigenvalue weighted by Gasteiger charge is 2.30. The molecule has 3 heterocycles. The summed E-state index contributed by atoms with van der Waals surface area (Å²) < 4.78 is 46.2. The molecule has 2 aromatic heterocycles. The standard InChI is InChI=1S/C20H19F3N4O2/c1-11(13-7-18(28)24-9-13)29-19-15-10-27(2)26-17(15)8-16(25-19)12-3-5-14(6-4-12)20(21,22)23/h3-6,8,10-11,13H,7,9H2,1-2H3,(H,24,28)/t11-,13-/m1/s1. The SMILES string of the molecule is C[C@@H](Oc1nc(-c2ccc(C(F)(F)F)cc2)cc2nn(C)cc12)[C@H]1CNC(=O)C1. The minimum atomic E-state index is -4.40. The molecule has 2 atom stereocenters. The number of rotatable bonds is 4. The summed E-state index contributed by atoms with van der Waals surface area (Å²) in [6.07, 6.45) is -2.50. The Labute approximate surface area is 164 Å². The molecule has 6 nitrogen and oxygen atoms in total. The van der Waals surface area contributed by atoms with E-state index in [2.05, 4.69) is 15.4 Å². The van der Waals surface area contributed by atoms with E-state index in [1.807, 2.05) is 6.92 Å². The number of amides is 1. The molecule has 1 N–H and O–H groups in total. The smallest absolute Gasteiger partial charge is 0.416 e. The van der Waals surface area contributed by atoms with E-state index in [9.17, 15) is 18.0 Å². The Morgan fingerprint density at radius 2 is 2.00 bits per heavy atom. The van der Waals surface area contributed by atoms with Crippen LogP contribution < -0.4 is 10.1 Å². The summed E-state index contributed by atoms with van der Waals surface area (Å²) in [6, 6.07) is 6.53. The minimum absolute atomic E-state index is 0.0107. The zero-order chi connectivity index (χ0) is 20.8. The number of nitrogens with zero attached hydrogens (tertiary/aromatic N) is 3. The average molecular weight is 404 g/mol. The first-order valence-corrected chi connectivity index (χ1v) is 9.16. The lowest BCUT2D eigenvalue weighted by Gasteiger charge is -2.19. The summed E-state index contributed by atoms with van der Waals surface area (Å²) in [5.41, 5.74) is 0.900. The van der Waals surface area contributed by atoms with E-state index in [0.29, 0.717) is 41.0 Å². The lowest BCUT2D eigenvalue weighted by molar-refractivity contribution is -0.137. The summed E-state index contributed by atoms with van der Waals surface area (Å²) in [7, 11) is 1.77. The highest BCUT2D eigenvalue weighted by atomic mass is 19.4. The van der Waals surface area contributed by atoms with E-state index < -0.39 is 11.7 Å². The van der Waals surface area contributed by atoms with Crippen LogP contribution in [0.1, 0.15) is 18.9 Å². The van der Waals surface area contributed by atoms with Crippen molar-refractivity contribution >= 4 is 16.8 Å². The zero-order valence-electron chi connectivity index (χ0n) is 15.8. The second kappa shape index (κ2) is 7.06. The van der Waals surface area contributed by atoms with Crippen LogP contribution in [-0.4, -0.2) is 33.3 Å². The third kappa shape index (κ3) is 3.90. The fraction of sp³-hybridized carbons (Fsp3) is 0.350. The van der Waals surface area contributed by atoms with E-state index >= 15 is 0 Å². The van der Waals surface area contributed by atoms with Gasteiger partial charge in [0.25, 0.3) is 0 Å². The van der Waals surface area contributed by atoms with Crippen molar-refractivity contribution < 1.29 is 22.7 Å². The molecular formula is C20H19F3N4O2. The van der Waals surface area contributed by atoms with Crippen molar-refractivity contribution in [1.82, 2.24) is 20.1 Å². The predicted molar refractivity (Wildman–Crippen MR) is 100 cm³/mol. The first-order valence-electron chi connectivity index (χ1n) is 9.16. The van der Waals surface area contributed by atoms with Gasteiger partial charge in [-0.2, -0.15) is 18.3 Å². The Morgan fingerprint density at radius 1 is 1.28 bits per heavy atom. The lowest BCUT2D eigenvalue weighted by atomic mass is 10.0. The number of hydrogen-bond donors (Lipinski definition) is 1. The molecule has 1 fully saturated rings. The number of pyridine rings is 1. The van der Waals surface area contributed by atoms with Crippen LogP contribution in [0, 0.1) is 5.92 Å². The van der Waals surface area contributed by atoms with Crippen LogP contribution in [0.3, 0.4) is 0 Å². The van der Waals surface area contributed by atoms with Crippen LogP contribution in [-0.2, 0) is 18.0 Å². The first kappa shape index (κ1) is 19.2. The molecule has 3 aromatic rings. The van der Waals surface area contributed by atoms with Gasteiger partial charge in [0.05, 0.1) is 22.2 Å². The molecule has 1 aliphatic rings. The topological polar surface area (TPSA) is 69.0 Å². The van der Waals surface area contributed by atoms with E-state index in [1.54, 1.807) is 24.0 Å². The van der Waals surface area contributed by atoms with Crippen molar-refractivity contribution in [3.63, 3.8) is 0 Å². The molecule has 0 radical (unpaired) electrons. The molecule has 4 rings (SSSR count). The summed E-state index contributed by atoms with van der Waals surface area (Å²) in [4.78, 5) is 16.0. The molecule has 1 saturated heterocycles. The molecule has 1 aromatic carbocycles. The van der Waals surface area contributed by atoms with Crippen LogP contribution in [0.5, 0.6) is 5.88 Å². The van der Waals surface area contributed by atoms with Gasteiger partial charge < -0.3 is 10.1 Å². The molecule has 0 spiro atoms. The number of carbonyl (C=O) groups excluding carboxylic acids is 1. The van der Waals surface area contributed by atoms with Crippen LogP contribution in [0.2, 0.25) is 0 Å². The fourth-order valence-corrected chi connectivity index (χ4v) is 3.41. The van der Waals surface area contributed by atoms with Gasteiger partial charge in [0.15, 0.2) is 0 Å². The summed E-state index contributed by atoms with van der Waals surface area (Å²) in [6.45, 7) is 2.41. The van der Waals surface area contributed by atoms with Crippen molar-refractivity contribution in [3.8, 4) is 17.1 Å². The van der Waals surface area contributed by atoms with Crippen molar-refractivity contribution in [1.29, 1.82) is 0 Å². The molecule has 0 aliphatic carbocycles. The van der Waals surface area contributed by atoms with Crippen LogP contribution >= 0.6 is 0 Å². The van der Waals surface area contributed by atoms with Crippen molar-refractivity contribution in [3.05, 3.63) is 42.1 Å². The first-order chi connectivity index (χ1) is 13.7. The normalized spacial score (nSPS) is 18.1. The predicted octanol–water partition coefficient (Wildman–Crippen LogP) is 3.56. The van der Waals surface area contributed by atoms with Gasteiger partial charge in [0, 0.05) is 37.7 Å². The number of alkyl halides is 3. The highest BCUT2D eigenvalue weighted by molar-refractivity contribution is 5.86. The Morgan fingerprint density at radius 3 is 2.62 bits per heavy atom. The number of nitrogens with one attached hydrogen (secondary N) is 1. The van der Waals surface area contributed by atoms with Gasteiger partial charge in [-0.05, 0) is 25.1 Å². The molecule has 9 heteroatoms. The maximum absolute atomic E-state index is 12.8. The summed E-state index contributed by atoms with van der Waals surface area (Å²) in [5.74, 6) is 0.353. The Kier molecular flexibility index (Phi) is 4.68. The molecule has 1 aliphatic heterocycles. The monoisotopic (exact) mass is 404 g/mol. The largest absolute Gasteiger partial charge is 0.474 e. The Balaban J connectivity index is 1.70. The number of aryl methyl sites for hydroxylation is 1. The van der Waals surface area contributed by atoms with Gasteiger partial charge in [-0.25, -0.2) is 4.98 Å². The average Bonchev–Trinajstić information content (AvgIpc) is 3.26. The van der Waals surface area contributed by atoms with Crippen LogP contribution in [0.25, 0.3) is 22.2 Å². The van der Waals surface area contributed by atoms with Gasteiger partial charge in [0.1, 0.15) is 6.10 Å². The van der Waals surface area contributed by atoms with E-state index in [0.717, 1.165) is 12.1 Å². The fourth-order valence-electron chi connectivity index (χ4n) is 3.41. The van der Waals surface area contributed by atoms with Crippen molar-refractivity contribution in [2.24, 2.45) is 13.0 Å². The van der Waals surface area contributed by atoms with Crippen LogP contribution in [0.4, 0.5) is 13.2 Å². The number of aromatic nitrogens is 3. The molecule has 1 amide bonds. The number of ether oxygens (including phenoxy) is 1. The van der Waals surface area contributed by atoms with Gasteiger partial charge in [-0.1, -0.05) is 12.1 Å². The zero-order valence-corrected chi connectivity index (χ0v) is 15.8.